The van der Waals surface area contributed by atoms with Crippen molar-refractivity contribution in [1.29, 1.82) is 0 Å². The van der Waals surface area contributed by atoms with E-state index in [9.17, 15) is 0 Å². The van der Waals surface area contributed by atoms with Crippen LogP contribution in [0.5, 0.6) is 5.75 Å². The number of hydrogen-bond acceptors (Lipinski definition) is 3. The lowest BCUT2D eigenvalue weighted by Crippen LogP contribution is -2.12. The number of aromatic amines is 1. The minimum Gasteiger partial charge on any atom is -0.495 e. The molecule has 90 valence electrons. The number of H-pyrrole nitrogens is 1. The average Bonchev–Trinajstić information content (AvgIpc) is 2.82. The van der Waals surface area contributed by atoms with E-state index in [0.29, 0.717) is 10.8 Å². The molecule has 17 heavy (non-hydrogen) atoms. The van der Waals surface area contributed by atoms with Crippen molar-refractivity contribution >= 4 is 11.6 Å². The highest BCUT2D eigenvalue weighted by Crippen LogP contribution is 2.24. The van der Waals surface area contributed by atoms with Gasteiger partial charge in [0.2, 0.25) is 0 Å². The highest BCUT2D eigenvalue weighted by atomic mass is 35.5. The van der Waals surface area contributed by atoms with Crippen LogP contribution >= 0.6 is 11.6 Å². The Kier molecular flexibility index (Phi) is 4.01. The molecule has 0 aliphatic rings. The molecule has 0 fully saturated rings. The lowest BCUT2D eigenvalue weighted by atomic mass is 10.2. The van der Waals surface area contributed by atoms with Gasteiger partial charge in [-0.1, -0.05) is 17.7 Å². The van der Waals surface area contributed by atoms with Crippen LogP contribution in [0.15, 0.2) is 30.6 Å². The van der Waals surface area contributed by atoms with Crippen molar-refractivity contribution in [2.75, 3.05) is 7.11 Å². The number of hydrogen-bond donors (Lipinski definition) is 2. The van der Waals surface area contributed by atoms with Crippen LogP contribution in [0, 0.1) is 0 Å². The second-order valence-corrected chi connectivity index (χ2v) is 4.09. The smallest absolute Gasteiger partial charge is 0.137 e. The van der Waals surface area contributed by atoms with Crippen molar-refractivity contribution in [1.82, 2.24) is 15.5 Å². The zero-order chi connectivity index (χ0) is 12.1. The third kappa shape index (κ3) is 3.22. The van der Waals surface area contributed by atoms with Crippen LogP contribution < -0.4 is 10.1 Å². The van der Waals surface area contributed by atoms with Crippen LogP contribution in [0.4, 0.5) is 0 Å². The van der Waals surface area contributed by atoms with Crippen LogP contribution in [0.3, 0.4) is 0 Å². The molecule has 1 aromatic carbocycles. The van der Waals surface area contributed by atoms with E-state index in [-0.39, 0.29) is 0 Å². The Balaban J connectivity index is 1.89. The predicted molar refractivity (Wildman–Crippen MR) is 67.1 cm³/mol. The molecule has 0 bridgehead atoms. The summed E-state index contributed by atoms with van der Waals surface area (Å²) in [6.45, 7) is 1.54. The molecule has 2 aromatic rings. The van der Waals surface area contributed by atoms with E-state index in [1.165, 1.54) is 0 Å². The summed E-state index contributed by atoms with van der Waals surface area (Å²) in [5, 5.41) is 10.6. The van der Waals surface area contributed by atoms with Gasteiger partial charge in [-0.05, 0) is 17.7 Å². The minimum atomic E-state index is 0.634. The number of halogens is 1. The summed E-state index contributed by atoms with van der Waals surface area (Å²) < 4.78 is 5.10. The van der Waals surface area contributed by atoms with Gasteiger partial charge in [0.15, 0.2) is 0 Å². The first-order chi connectivity index (χ1) is 8.29. The molecule has 0 atom stereocenters. The van der Waals surface area contributed by atoms with Gasteiger partial charge < -0.3 is 10.1 Å². The Morgan fingerprint density at radius 3 is 2.82 bits per heavy atom. The Morgan fingerprint density at radius 1 is 1.35 bits per heavy atom. The molecule has 0 unspecified atom stereocenters. The maximum Gasteiger partial charge on any atom is 0.137 e. The molecule has 0 saturated carbocycles. The highest BCUT2D eigenvalue weighted by molar-refractivity contribution is 6.32. The SMILES string of the molecule is COc1ccc(CNCc2cn[nH]c2)cc1Cl. The molecule has 1 heterocycles. The molecule has 0 saturated heterocycles. The number of ether oxygens (including phenoxy) is 1. The highest BCUT2D eigenvalue weighted by Gasteiger charge is 2.01. The molecule has 1 aromatic heterocycles. The Labute approximate surface area is 105 Å². The van der Waals surface area contributed by atoms with Crippen LogP contribution in [0.1, 0.15) is 11.1 Å². The summed E-state index contributed by atoms with van der Waals surface area (Å²) in [5.41, 5.74) is 2.25. The second kappa shape index (κ2) is 5.70. The second-order valence-electron chi connectivity index (χ2n) is 3.68. The first-order valence-electron chi connectivity index (χ1n) is 5.30. The third-order valence-electron chi connectivity index (χ3n) is 2.43. The Bertz CT molecular complexity index is 471. The van der Waals surface area contributed by atoms with Crippen molar-refractivity contribution in [3.8, 4) is 5.75 Å². The van der Waals surface area contributed by atoms with Crippen LogP contribution in [0.25, 0.3) is 0 Å². The van der Waals surface area contributed by atoms with Gasteiger partial charge in [0.1, 0.15) is 5.75 Å². The number of benzene rings is 1. The predicted octanol–water partition coefficient (Wildman–Crippen LogP) is 2.36. The van der Waals surface area contributed by atoms with E-state index in [0.717, 1.165) is 24.2 Å². The molecular formula is C12H14ClN3O. The standard InChI is InChI=1S/C12H14ClN3O/c1-17-12-3-2-9(4-11(12)13)5-14-6-10-7-15-16-8-10/h2-4,7-8,14H,5-6H2,1H3,(H,15,16). The fraction of sp³-hybridized carbons (Fsp3) is 0.250. The van der Waals surface area contributed by atoms with Gasteiger partial charge >= 0.3 is 0 Å². The molecule has 2 rings (SSSR count). The molecule has 5 heteroatoms. The quantitative estimate of drug-likeness (QED) is 0.858. The number of nitrogens with zero attached hydrogens (tertiary/aromatic N) is 1. The summed E-state index contributed by atoms with van der Waals surface area (Å²) >= 11 is 6.04. The van der Waals surface area contributed by atoms with Gasteiger partial charge in [0.05, 0.1) is 18.3 Å². The summed E-state index contributed by atoms with van der Waals surface area (Å²) in [5.74, 6) is 0.699. The van der Waals surface area contributed by atoms with Gasteiger partial charge in [-0.2, -0.15) is 5.10 Å². The molecule has 0 radical (unpaired) electrons. The Hall–Kier alpha value is -1.52. The first-order valence-corrected chi connectivity index (χ1v) is 5.68. The van der Waals surface area contributed by atoms with E-state index in [4.69, 9.17) is 16.3 Å². The molecule has 2 N–H and O–H groups in total. The topological polar surface area (TPSA) is 49.9 Å². The van der Waals surface area contributed by atoms with Crippen LogP contribution in [-0.4, -0.2) is 17.3 Å². The summed E-state index contributed by atoms with van der Waals surface area (Å²) in [6, 6.07) is 5.77. The number of methoxy groups -OCH3 is 1. The van der Waals surface area contributed by atoms with E-state index in [1.54, 1.807) is 13.3 Å². The van der Waals surface area contributed by atoms with Crippen molar-refractivity contribution in [3.05, 3.63) is 46.7 Å². The zero-order valence-corrected chi connectivity index (χ0v) is 10.3. The molecule has 0 amide bonds. The fourth-order valence-corrected chi connectivity index (χ4v) is 1.83. The van der Waals surface area contributed by atoms with E-state index < -0.39 is 0 Å². The van der Waals surface area contributed by atoms with Crippen LogP contribution in [0.2, 0.25) is 5.02 Å². The van der Waals surface area contributed by atoms with Gasteiger partial charge in [-0.25, -0.2) is 0 Å². The lowest BCUT2D eigenvalue weighted by Gasteiger charge is -2.07. The van der Waals surface area contributed by atoms with Gasteiger partial charge in [0, 0.05) is 24.8 Å². The van der Waals surface area contributed by atoms with Gasteiger partial charge in [0.25, 0.3) is 0 Å². The monoisotopic (exact) mass is 251 g/mol. The van der Waals surface area contributed by atoms with Gasteiger partial charge in [-0.15, -0.1) is 0 Å². The van der Waals surface area contributed by atoms with E-state index >= 15 is 0 Å². The zero-order valence-electron chi connectivity index (χ0n) is 9.53. The summed E-state index contributed by atoms with van der Waals surface area (Å²) in [4.78, 5) is 0. The normalized spacial score (nSPS) is 10.5. The maximum atomic E-state index is 6.04. The summed E-state index contributed by atoms with van der Waals surface area (Å²) in [7, 11) is 1.61. The number of nitrogens with one attached hydrogen (secondary N) is 2. The minimum absolute atomic E-state index is 0.634. The lowest BCUT2D eigenvalue weighted by molar-refractivity contribution is 0.415. The van der Waals surface area contributed by atoms with Crippen molar-refractivity contribution in [3.63, 3.8) is 0 Å². The van der Waals surface area contributed by atoms with E-state index in [2.05, 4.69) is 15.5 Å². The fourth-order valence-electron chi connectivity index (χ4n) is 1.55. The first kappa shape index (κ1) is 12.0. The van der Waals surface area contributed by atoms with Crippen molar-refractivity contribution < 1.29 is 4.74 Å². The average molecular weight is 252 g/mol. The molecule has 4 nitrogen and oxygen atoms in total. The number of aromatic nitrogens is 2. The van der Waals surface area contributed by atoms with Gasteiger partial charge in [-0.3, -0.25) is 5.10 Å². The largest absolute Gasteiger partial charge is 0.495 e. The van der Waals surface area contributed by atoms with Crippen molar-refractivity contribution in [2.24, 2.45) is 0 Å². The van der Waals surface area contributed by atoms with Crippen LogP contribution in [-0.2, 0) is 13.1 Å². The molecule has 0 spiro atoms. The van der Waals surface area contributed by atoms with E-state index in [1.807, 2.05) is 24.4 Å². The maximum absolute atomic E-state index is 6.04. The molecule has 0 aliphatic heterocycles. The molecule has 0 aliphatic carbocycles. The van der Waals surface area contributed by atoms with Crippen molar-refractivity contribution in [2.45, 2.75) is 13.1 Å². The number of rotatable bonds is 5. The summed E-state index contributed by atoms with van der Waals surface area (Å²) in [6.07, 6.45) is 3.67. The molecular weight excluding hydrogens is 238 g/mol. The third-order valence-corrected chi connectivity index (χ3v) is 2.72. The Morgan fingerprint density at radius 2 is 2.18 bits per heavy atom.